The Bertz CT molecular complexity index is 1640. The molecule has 6 nitrogen and oxygen atoms in total. The van der Waals surface area contributed by atoms with Crippen LogP contribution in [0.25, 0.3) is 38.2 Å². The maximum absolute atomic E-state index is 13.3. The maximum atomic E-state index is 13.3. The zero-order valence-electron chi connectivity index (χ0n) is 17.5. The van der Waals surface area contributed by atoms with E-state index in [0.717, 1.165) is 15.7 Å². The Morgan fingerprint density at radius 2 is 1.54 bits per heavy atom. The molecule has 35 heavy (non-hydrogen) atoms. The fourth-order valence-electron chi connectivity index (χ4n) is 3.66. The summed E-state index contributed by atoms with van der Waals surface area (Å²) in [6, 6.07) is 15.8. The van der Waals surface area contributed by atoms with Crippen molar-refractivity contribution in [3.8, 4) is 33.7 Å². The molecule has 0 bridgehead atoms. The first kappa shape index (κ1) is 22.9. The van der Waals surface area contributed by atoms with Gasteiger partial charge in [-0.3, -0.25) is 9.78 Å². The number of thiophene rings is 1. The molecule has 176 valence electrons. The van der Waals surface area contributed by atoms with E-state index in [1.165, 1.54) is 53.9 Å². The lowest BCUT2D eigenvalue weighted by Crippen LogP contribution is -2.33. The van der Waals surface area contributed by atoms with E-state index in [1.807, 2.05) is 0 Å². The maximum Gasteiger partial charge on any atom is 0.573 e. The van der Waals surface area contributed by atoms with Crippen LogP contribution in [0.15, 0.2) is 81.8 Å². The third-order valence-electron chi connectivity index (χ3n) is 5.22. The highest BCUT2D eigenvalue weighted by Crippen LogP contribution is 2.33. The van der Waals surface area contributed by atoms with Crippen LogP contribution in [0.2, 0.25) is 5.15 Å². The number of nitrogens with one attached hydrogen (secondary N) is 1. The standard InChI is InChI=1S/C24H13ClF3N3O3S/c25-19-10-7-16(11-29-19)31-22(32)20-18(12-35-21(20)30-23(31)33)15-3-1-13(2-4-15)14-5-8-17(9-6-14)34-24(26,27)28/h1-12H,(H,30,33). The van der Waals surface area contributed by atoms with Gasteiger partial charge < -0.3 is 4.74 Å². The van der Waals surface area contributed by atoms with Crippen LogP contribution in [0.1, 0.15) is 0 Å². The third kappa shape index (κ3) is 4.58. The van der Waals surface area contributed by atoms with Gasteiger partial charge in [-0.15, -0.1) is 24.5 Å². The second-order valence-corrected chi connectivity index (χ2v) is 8.68. The Hall–Kier alpha value is -3.89. The molecule has 0 aliphatic carbocycles. The monoisotopic (exact) mass is 515 g/mol. The first-order chi connectivity index (χ1) is 16.7. The summed E-state index contributed by atoms with van der Waals surface area (Å²) in [7, 11) is 0. The molecule has 1 N–H and O–H groups in total. The molecule has 0 aliphatic rings. The Kier molecular flexibility index (Phi) is 5.70. The first-order valence-electron chi connectivity index (χ1n) is 10.0. The number of aromatic amines is 1. The van der Waals surface area contributed by atoms with E-state index in [4.69, 9.17) is 11.6 Å². The van der Waals surface area contributed by atoms with Crippen LogP contribution < -0.4 is 16.0 Å². The van der Waals surface area contributed by atoms with Crippen LogP contribution in [-0.4, -0.2) is 20.9 Å². The summed E-state index contributed by atoms with van der Waals surface area (Å²) in [5, 5.41) is 2.37. The summed E-state index contributed by atoms with van der Waals surface area (Å²) >= 11 is 7.06. The summed E-state index contributed by atoms with van der Waals surface area (Å²) in [5.41, 5.74) is 2.05. The molecule has 2 aromatic carbocycles. The second-order valence-electron chi connectivity index (χ2n) is 7.41. The first-order valence-corrected chi connectivity index (χ1v) is 11.3. The van der Waals surface area contributed by atoms with Gasteiger partial charge in [-0.05, 0) is 41.0 Å². The second kappa shape index (κ2) is 8.71. The highest BCUT2D eigenvalue weighted by molar-refractivity contribution is 7.17. The lowest BCUT2D eigenvalue weighted by atomic mass is 10.0. The minimum absolute atomic E-state index is 0.234. The highest BCUT2D eigenvalue weighted by Gasteiger charge is 2.31. The van der Waals surface area contributed by atoms with Crippen molar-refractivity contribution in [1.82, 2.24) is 14.5 Å². The Labute approximate surface area is 203 Å². The summed E-state index contributed by atoms with van der Waals surface area (Å²) in [6.07, 6.45) is -3.41. The van der Waals surface area contributed by atoms with Crippen molar-refractivity contribution in [1.29, 1.82) is 0 Å². The van der Waals surface area contributed by atoms with Crippen LogP contribution in [-0.2, 0) is 0 Å². The Balaban J connectivity index is 1.51. The normalized spacial score (nSPS) is 11.7. The molecule has 3 aromatic heterocycles. The molecule has 0 spiro atoms. The van der Waals surface area contributed by atoms with Gasteiger partial charge >= 0.3 is 12.1 Å². The number of pyridine rings is 1. The average Bonchev–Trinajstić information content (AvgIpc) is 3.24. The molecule has 0 fully saturated rings. The number of hydrogen-bond acceptors (Lipinski definition) is 5. The van der Waals surface area contributed by atoms with E-state index < -0.39 is 17.6 Å². The van der Waals surface area contributed by atoms with Gasteiger partial charge in [0, 0.05) is 10.9 Å². The molecule has 5 aromatic rings. The molecule has 0 amide bonds. The minimum Gasteiger partial charge on any atom is -0.406 e. The molecular weight excluding hydrogens is 503 g/mol. The Morgan fingerprint density at radius 3 is 2.14 bits per heavy atom. The average molecular weight is 516 g/mol. The van der Waals surface area contributed by atoms with Gasteiger partial charge in [-0.1, -0.05) is 48.0 Å². The molecule has 5 rings (SSSR count). The van der Waals surface area contributed by atoms with Crippen LogP contribution in [0.4, 0.5) is 13.2 Å². The number of halogens is 4. The fourth-order valence-corrected chi connectivity index (χ4v) is 4.72. The van der Waals surface area contributed by atoms with E-state index in [9.17, 15) is 22.8 Å². The zero-order chi connectivity index (χ0) is 24.7. The van der Waals surface area contributed by atoms with Crippen molar-refractivity contribution in [3.05, 3.63) is 98.2 Å². The third-order valence-corrected chi connectivity index (χ3v) is 6.34. The predicted molar refractivity (Wildman–Crippen MR) is 128 cm³/mol. The summed E-state index contributed by atoms with van der Waals surface area (Å²) in [4.78, 5) is 33.0. The number of ether oxygens (including phenoxy) is 1. The van der Waals surface area contributed by atoms with Gasteiger partial charge in [0.05, 0.1) is 17.3 Å². The van der Waals surface area contributed by atoms with E-state index >= 15 is 0 Å². The van der Waals surface area contributed by atoms with E-state index in [1.54, 1.807) is 29.6 Å². The highest BCUT2D eigenvalue weighted by atomic mass is 35.5. The number of rotatable bonds is 4. The number of fused-ring (bicyclic) bond motifs is 1. The molecule has 0 saturated heterocycles. The van der Waals surface area contributed by atoms with Gasteiger partial charge in [-0.25, -0.2) is 14.3 Å². The van der Waals surface area contributed by atoms with E-state index in [0.29, 0.717) is 21.3 Å². The summed E-state index contributed by atoms with van der Waals surface area (Å²) in [5.74, 6) is -0.302. The van der Waals surface area contributed by atoms with Crippen molar-refractivity contribution in [2.45, 2.75) is 6.36 Å². The summed E-state index contributed by atoms with van der Waals surface area (Å²) in [6.45, 7) is 0. The van der Waals surface area contributed by atoms with Crippen LogP contribution >= 0.6 is 22.9 Å². The molecule has 0 saturated carbocycles. The SMILES string of the molecule is O=c1[nH]c2scc(-c3ccc(-c4ccc(OC(F)(F)F)cc4)cc3)c2c(=O)n1-c1ccc(Cl)nc1. The topological polar surface area (TPSA) is 77.0 Å². The quantitative estimate of drug-likeness (QED) is 0.297. The van der Waals surface area contributed by atoms with Gasteiger partial charge in [0.1, 0.15) is 15.7 Å². The number of hydrogen-bond donors (Lipinski definition) is 1. The molecule has 0 atom stereocenters. The Morgan fingerprint density at radius 1 is 0.914 bits per heavy atom. The van der Waals surface area contributed by atoms with Gasteiger partial charge in [0.2, 0.25) is 0 Å². The fraction of sp³-hybridized carbons (Fsp3) is 0.0417. The lowest BCUT2D eigenvalue weighted by Gasteiger charge is -2.10. The largest absolute Gasteiger partial charge is 0.573 e. The molecule has 0 radical (unpaired) electrons. The number of H-pyrrole nitrogens is 1. The molecule has 3 heterocycles. The number of aromatic nitrogens is 3. The van der Waals surface area contributed by atoms with E-state index in [-0.39, 0.29) is 16.6 Å². The van der Waals surface area contributed by atoms with Crippen LogP contribution in [0.3, 0.4) is 0 Å². The molecule has 0 aliphatic heterocycles. The van der Waals surface area contributed by atoms with Crippen molar-refractivity contribution >= 4 is 33.2 Å². The minimum atomic E-state index is -4.75. The smallest absolute Gasteiger partial charge is 0.406 e. The van der Waals surface area contributed by atoms with Crippen molar-refractivity contribution in [2.24, 2.45) is 0 Å². The van der Waals surface area contributed by atoms with Crippen molar-refractivity contribution in [3.63, 3.8) is 0 Å². The lowest BCUT2D eigenvalue weighted by molar-refractivity contribution is -0.274. The van der Waals surface area contributed by atoms with Crippen LogP contribution in [0, 0.1) is 0 Å². The van der Waals surface area contributed by atoms with Gasteiger partial charge in [0.25, 0.3) is 5.56 Å². The number of nitrogens with zero attached hydrogens (tertiary/aromatic N) is 2. The zero-order valence-corrected chi connectivity index (χ0v) is 19.0. The summed E-state index contributed by atoms with van der Waals surface area (Å²) < 4.78 is 42.0. The van der Waals surface area contributed by atoms with Gasteiger partial charge in [0.15, 0.2) is 0 Å². The molecule has 11 heteroatoms. The van der Waals surface area contributed by atoms with Crippen LogP contribution in [0.5, 0.6) is 5.75 Å². The predicted octanol–water partition coefficient (Wildman–Crippen LogP) is 6.02. The van der Waals surface area contributed by atoms with Crippen molar-refractivity contribution < 1.29 is 17.9 Å². The number of benzene rings is 2. The number of alkyl halides is 3. The van der Waals surface area contributed by atoms with E-state index in [2.05, 4.69) is 14.7 Å². The van der Waals surface area contributed by atoms with Gasteiger partial charge in [-0.2, -0.15) is 0 Å². The molecule has 0 unspecified atom stereocenters. The molecular formula is C24H13ClF3N3O3S. The van der Waals surface area contributed by atoms with Crippen molar-refractivity contribution in [2.75, 3.05) is 0 Å².